The second-order valence-electron chi connectivity index (χ2n) is 5.29. The quantitative estimate of drug-likeness (QED) is 0.797. The van der Waals surface area contributed by atoms with Crippen LogP contribution in [0.1, 0.15) is 11.4 Å². The summed E-state index contributed by atoms with van der Waals surface area (Å²) in [6.07, 6.45) is 0.972. The van der Waals surface area contributed by atoms with Crippen molar-refractivity contribution in [2.24, 2.45) is 7.05 Å². The van der Waals surface area contributed by atoms with E-state index in [0.29, 0.717) is 24.7 Å². The molecule has 1 aromatic heterocycles. The van der Waals surface area contributed by atoms with Gasteiger partial charge in [0, 0.05) is 18.6 Å². The number of nitrogens with zero attached hydrogens (tertiary/aromatic N) is 4. The van der Waals surface area contributed by atoms with Gasteiger partial charge in [0.25, 0.3) is 0 Å². The average Bonchev–Trinajstić information content (AvgIpc) is 2.86. The maximum absolute atomic E-state index is 10.0. The normalized spacial score (nSPS) is 12.8. The molecule has 0 aliphatic heterocycles. The lowest BCUT2D eigenvalue weighted by Crippen LogP contribution is -2.32. The van der Waals surface area contributed by atoms with Crippen molar-refractivity contribution in [3.63, 3.8) is 0 Å². The van der Waals surface area contributed by atoms with Crippen LogP contribution in [0.2, 0.25) is 5.02 Å². The van der Waals surface area contributed by atoms with Crippen LogP contribution in [0.3, 0.4) is 0 Å². The van der Waals surface area contributed by atoms with E-state index in [1.807, 2.05) is 43.3 Å². The summed E-state index contributed by atoms with van der Waals surface area (Å²) < 4.78 is 7.25. The number of halogens is 1. The Bertz CT molecular complexity index is 573. The van der Waals surface area contributed by atoms with Crippen LogP contribution in [0.15, 0.2) is 30.6 Å². The molecule has 7 heteroatoms. The van der Waals surface area contributed by atoms with Crippen LogP contribution in [0.5, 0.6) is 0 Å². The first kappa shape index (κ1) is 16.9. The molecule has 0 saturated heterocycles. The monoisotopic (exact) mass is 324 g/mol. The summed E-state index contributed by atoms with van der Waals surface area (Å²) in [5.41, 5.74) is 1.03. The van der Waals surface area contributed by atoms with Gasteiger partial charge in [0.15, 0.2) is 0 Å². The number of hydrogen-bond donors (Lipinski definition) is 1. The third-order valence-electron chi connectivity index (χ3n) is 3.23. The molecule has 1 heterocycles. The number of aromatic nitrogens is 3. The van der Waals surface area contributed by atoms with Crippen LogP contribution in [0.4, 0.5) is 0 Å². The summed E-state index contributed by atoms with van der Waals surface area (Å²) in [4.78, 5) is 6.14. The van der Waals surface area contributed by atoms with Crippen molar-refractivity contribution >= 4 is 11.6 Å². The molecule has 1 aromatic carbocycles. The predicted octanol–water partition coefficient (Wildman–Crippen LogP) is 1.48. The molecular formula is C15H21ClN4O2. The van der Waals surface area contributed by atoms with E-state index in [9.17, 15) is 5.11 Å². The summed E-state index contributed by atoms with van der Waals surface area (Å²) in [7, 11) is 3.78. The molecule has 0 amide bonds. The van der Waals surface area contributed by atoms with Crippen LogP contribution < -0.4 is 0 Å². The molecule has 0 radical (unpaired) electrons. The van der Waals surface area contributed by atoms with E-state index in [1.54, 1.807) is 4.68 Å². The number of aliphatic hydroxyl groups is 1. The van der Waals surface area contributed by atoms with Crippen molar-refractivity contribution < 1.29 is 9.84 Å². The Morgan fingerprint density at radius 1 is 1.36 bits per heavy atom. The van der Waals surface area contributed by atoms with Crippen molar-refractivity contribution in [3.8, 4) is 0 Å². The topological polar surface area (TPSA) is 63.4 Å². The minimum absolute atomic E-state index is 0.284. The Hall–Kier alpha value is -1.47. The second kappa shape index (κ2) is 8.24. The fourth-order valence-corrected chi connectivity index (χ4v) is 2.20. The average molecular weight is 325 g/mol. The first-order valence-electron chi connectivity index (χ1n) is 7.06. The molecule has 2 rings (SSSR count). The molecular weight excluding hydrogens is 304 g/mol. The SMILES string of the molecule is CN(Cc1ncnn1C)CC(O)COCc1ccc(Cl)cc1. The predicted molar refractivity (Wildman–Crippen MR) is 84.5 cm³/mol. The van der Waals surface area contributed by atoms with Crippen LogP contribution in [-0.4, -0.2) is 51.1 Å². The summed E-state index contributed by atoms with van der Waals surface area (Å²) >= 11 is 5.83. The standard InChI is InChI=1S/C15H21ClN4O2/c1-19(8-15-17-11-18-20(15)2)7-14(21)10-22-9-12-3-5-13(16)6-4-12/h3-6,11,14,21H,7-10H2,1-2H3. The zero-order valence-electron chi connectivity index (χ0n) is 12.8. The van der Waals surface area contributed by atoms with E-state index in [0.717, 1.165) is 11.4 Å². The molecule has 0 saturated carbocycles. The molecule has 0 aliphatic carbocycles. The first-order valence-corrected chi connectivity index (χ1v) is 7.44. The zero-order valence-corrected chi connectivity index (χ0v) is 13.6. The maximum Gasteiger partial charge on any atom is 0.140 e. The number of ether oxygens (including phenoxy) is 1. The van der Waals surface area contributed by atoms with Gasteiger partial charge in [-0.15, -0.1) is 0 Å². The van der Waals surface area contributed by atoms with Crippen LogP contribution >= 0.6 is 11.6 Å². The van der Waals surface area contributed by atoms with E-state index in [1.165, 1.54) is 6.33 Å². The Morgan fingerprint density at radius 3 is 2.73 bits per heavy atom. The molecule has 0 spiro atoms. The van der Waals surface area contributed by atoms with Gasteiger partial charge in [-0.2, -0.15) is 5.10 Å². The molecule has 1 atom stereocenters. The van der Waals surface area contributed by atoms with Gasteiger partial charge in [-0.05, 0) is 24.7 Å². The minimum atomic E-state index is -0.550. The third kappa shape index (κ3) is 5.38. The van der Waals surface area contributed by atoms with Gasteiger partial charge in [0.2, 0.25) is 0 Å². The Kier molecular flexibility index (Phi) is 6.33. The number of hydrogen-bond acceptors (Lipinski definition) is 5. The second-order valence-corrected chi connectivity index (χ2v) is 5.73. The summed E-state index contributed by atoms with van der Waals surface area (Å²) in [6.45, 7) is 1.88. The zero-order chi connectivity index (χ0) is 15.9. The Balaban J connectivity index is 1.67. The third-order valence-corrected chi connectivity index (χ3v) is 3.48. The van der Waals surface area contributed by atoms with Gasteiger partial charge >= 0.3 is 0 Å². The molecule has 0 fully saturated rings. The molecule has 2 aromatic rings. The summed E-state index contributed by atoms with van der Waals surface area (Å²) in [5, 5.41) is 14.7. The molecule has 120 valence electrons. The molecule has 22 heavy (non-hydrogen) atoms. The van der Waals surface area contributed by atoms with E-state index in [-0.39, 0.29) is 6.61 Å². The van der Waals surface area contributed by atoms with Gasteiger partial charge in [-0.25, -0.2) is 4.98 Å². The number of aryl methyl sites for hydroxylation is 1. The smallest absolute Gasteiger partial charge is 0.140 e. The molecule has 0 bridgehead atoms. The summed E-state index contributed by atoms with van der Waals surface area (Å²) in [6, 6.07) is 7.47. The van der Waals surface area contributed by atoms with Crippen molar-refractivity contribution in [2.75, 3.05) is 20.2 Å². The highest BCUT2D eigenvalue weighted by Gasteiger charge is 2.11. The Labute approximate surface area is 135 Å². The van der Waals surface area contributed by atoms with Gasteiger partial charge in [-0.3, -0.25) is 9.58 Å². The lowest BCUT2D eigenvalue weighted by atomic mass is 10.2. The van der Waals surface area contributed by atoms with Gasteiger partial charge in [0.05, 0.1) is 25.9 Å². The van der Waals surface area contributed by atoms with E-state index < -0.39 is 6.10 Å². The van der Waals surface area contributed by atoms with E-state index in [4.69, 9.17) is 16.3 Å². The van der Waals surface area contributed by atoms with Crippen LogP contribution in [-0.2, 0) is 24.9 Å². The molecule has 1 N–H and O–H groups in total. The van der Waals surface area contributed by atoms with Crippen LogP contribution in [0.25, 0.3) is 0 Å². The fourth-order valence-electron chi connectivity index (χ4n) is 2.08. The maximum atomic E-state index is 10.0. The minimum Gasteiger partial charge on any atom is -0.389 e. The number of likely N-dealkylation sites (N-methyl/N-ethyl adjacent to an activating group) is 1. The van der Waals surface area contributed by atoms with Gasteiger partial charge < -0.3 is 9.84 Å². The molecule has 0 aliphatic rings. The molecule has 1 unspecified atom stereocenters. The van der Waals surface area contributed by atoms with Crippen LogP contribution in [0, 0.1) is 0 Å². The Morgan fingerprint density at radius 2 is 2.09 bits per heavy atom. The van der Waals surface area contributed by atoms with Crippen molar-refractivity contribution in [2.45, 2.75) is 19.3 Å². The van der Waals surface area contributed by atoms with E-state index in [2.05, 4.69) is 10.1 Å². The number of rotatable bonds is 8. The lowest BCUT2D eigenvalue weighted by molar-refractivity contribution is 0.0123. The van der Waals surface area contributed by atoms with Crippen molar-refractivity contribution in [3.05, 3.63) is 47.0 Å². The fraction of sp³-hybridized carbons (Fsp3) is 0.467. The largest absolute Gasteiger partial charge is 0.389 e. The van der Waals surface area contributed by atoms with Crippen molar-refractivity contribution in [1.82, 2.24) is 19.7 Å². The number of aliphatic hydroxyl groups excluding tert-OH is 1. The summed E-state index contributed by atoms with van der Waals surface area (Å²) in [5.74, 6) is 0.858. The first-order chi connectivity index (χ1) is 10.5. The lowest BCUT2D eigenvalue weighted by Gasteiger charge is -2.20. The number of benzene rings is 1. The van der Waals surface area contributed by atoms with Crippen molar-refractivity contribution in [1.29, 1.82) is 0 Å². The highest BCUT2D eigenvalue weighted by molar-refractivity contribution is 6.30. The highest BCUT2D eigenvalue weighted by atomic mass is 35.5. The highest BCUT2D eigenvalue weighted by Crippen LogP contribution is 2.10. The van der Waals surface area contributed by atoms with E-state index >= 15 is 0 Å². The van der Waals surface area contributed by atoms with Gasteiger partial charge in [-0.1, -0.05) is 23.7 Å². The molecule has 6 nitrogen and oxygen atoms in total. The van der Waals surface area contributed by atoms with Gasteiger partial charge in [0.1, 0.15) is 12.2 Å².